The molecule has 0 aliphatic heterocycles. The third kappa shape index (κ3) is 6.23. The largest absolute Gasteiger partial charge is 0.382 e. The number of nitrogens with one attached hydrogen (secondary N) is 1. The van der Waals surface area contributed by atoms with Gasteiger partial charge in [-0.05, 0) is 0 Å². The molecule has 0 fully saturated rings. The maximum atomic E-state index is 13.3. The van der Waals surface area contributed by atoms with Gasteiger partial charge in [-0.15, -0.1) is 0 Å². The Hall–Kier alpha value is -1.31. The molecule has 4 nitrogen and oxygen atoms in total. The van der Waals surface area contributed by atoms with Crippen LogP contribution in [0, 0.1) is 17.5 Å². The molecule has 0 aliphatic carbocycles. The Bertz CT molecular complexity index is 405. The van der Waals surface area contributed by atoms with Crippen molar-refractivity contribution in [1.29, 1.82) is 0 Å². The third-order valence-electron chi connectivity index (χ3n) is 2.36. The second-order valence-electron chi connectivity index (χ2n) is 3.89. The van der Waals surface area contributed by atoms with E-state index < -0.39 is 17.5 Å². The van der Waals surface area contributed by atoms with Crippen molar-refractivity contribution < 1.29 is 27.4 Å². The molecule has 0 aromatic heterocycles. The van der Waals surface area contributed by atoms with Crippen molar-refractivity contribution in [1.82, 2.24) is 0 Å². The monoisotopic (exact) mass is 293 g/mol. The fourth-order valence-corrected chi connectivity index (χ4v) is 1.41. The van der Waals surface area contributed by atoms with Gasteiger partial charge in [0.25, 0.3) is 0 Å². The Balaban J connectivity index is 2.13. The normalized spacial score (nSPS) is 10.8. The lowest BCUT2D eigenvalue weighted by Gasteiger charge is -2.09. The summed E-state index contributed by atoms with van der Waals surface area (Å²) in [4.78, 5) is 0. The van der Waals surface area contributed by atoms with Crippen molar-refractivity contribution in [2.45, 2.75) is 0 Å². The summed E-state index contributed by atoms with van der Waals surface area (Å²) in [5, 5.41) is 2.56. The topological polar surface area (TPSA) is 39.7 Å². The predicted octanol–water partition coefficient (Wildman–Crippen LogP) is 2.20. The van der Waals surface area contributed by atoms with Crippen LogP contribution in [0.5, 0.6) is 0 Å². The van der Waals surface area contributed by atoms with E-state index in [1.54, 1.807) is 7.11 Å². The van der Waals surface area contributed by atoms with Gasteiger partial charge in [-0.25, -0.2) is 13.2 Å². The van der Waals surface area contributed by atoms with Crippen LogP contribution >= 0.6 is 0 Å². The van der Waals surface area contributed by atoms with Gasteiger partial charge in [-0.2, -0.15) is 0 Å². The van der Waals surface area contributed by atoms with Crippen molar-refractivity contribution in [2.75, 3.05) is 52.0 Å². The molecule has 0 saturated carbocycles. The van der Waals surface area contributed by atoms with E-state index in [-0.39, 0.29) is 18.8 Å². The second kappa shape index (κ2) is 9.57. The van der Waals surface area contributed by atoms with Crippen LogP contribution < -0.4 is 5.32 Å². The zero-order valence-corrected chi connectivity index (χ0v) is 11.3. The van der Waals surface area contributed by atoms with Gasteiger partial charge in [-0.3, -0.25) is 0 Å². The molecule has 0 saturated heterocycles. The van der Waals surface area contributed by atoms with Gasteiger partial charge >= 0.3 is 0 Å². The van der Waals surface area contributed by atoms with E-state index in [2.05, 4.69) is 5.32 Å². The van der Waals surface area contributed by atoms with Gasteiger partial charge in [0.2, 0.25) is 0 Å². The smallest absolute Gasteiger partial charge is 0.182 e. The van der Waals surface area contributed by atoms with Crippen molar-refractivity contribution in [3.8, 4) is 0 Å². The van der Waals surface area contributed by atoms with E-state index in [4.69, 9.17) is 14.2 Å². The minimum atomic E-state index is -1.22. The average molecular weight is 293 g/mol. The third-order valence-corrected chi connectivity index (χ3v) is 2.36. The summed E-state index contributed by atoms with van der Waals surface area (Å²) in [5.41, 5.74) is -0.220. The van der Waals surface area contributed by atoms with E-state index in [1.165, 1.54) is 0 Å². The standard InChI is InChI=1S/C13H18F3NO3/c1-18-4-5-20-7-6-19-3-2-17-12-9-10(14)8-11(15)13(12)16/h8-9,17H,2-7H2,1H3. The molecule has 20 heavy (non-hydrogen) atoms. The molecule has 114 valence electrons. The van der Waals surface area contributed by atoms with Crippen LogP contribution in [-0.2, 0) is 14.2 Å². The number of benzene rings is 1. The molecule has 1 aromatic rings. The van der Waals surface area contributed by atoms with Gasteiger partial charge in [-0.1, -0.05) is 0 Å². The molecule has 1 N–H and O–H groups in total. The van der Waals surface area contributed by atoms with Crippen molar-refractivity contribution >= 4 is 5.69 Å². The summed E-state index contributed by atoms with van der Waals surface area (Å²) in [7, 11) is 1.58. The Labute approximate surface area is 115 Å². The summed E-state index contributed by atoms with van der Waals surface area (Å²) in [5.74, 6) is -3.16. The first-order chi connectivity index (χ1) is 9.65. The molecule has 0 radical (unpaired) electrons. The Morgan fingerprint density at radius 3 is 2.30 bits per heavy atom. The molecule has 7 heteroatoms. The van der Waals surface area contributed by atoms with Gasteiger partial charge in [0.05, 0.1) is 38.7 Å². The van der Waals surface area contributed by atoms with Crippen molar-refractivity contribution in [2.24, 2.45) is 0 Å². The quantitative estimate of drug-likeness (QED) is 0.530. The molecular formula is C13H18F3NO3. The van der Waals surface area contributed by atoms with Crippen LogP contribution in [-0.4, -0.2) is 46.7 Å². The fourth-order valence-electron chi connectivity index (χ4n) is 1.41. The van der Waals surface area contributed by atoms with Crippen LogP contribution in [0.1, 0.15) is 0 Å². The van der Waals surface area contributed by atoms with Crippen LogP contribution in [0.25, 0.3) is 0 Å². The minimum absolute atomic E-state index is 0.220. The first kappa shape index (κ1) is 16.7. The zero-order chi connectivity index (χ0) is 14.8. The van der Waals surface area contributed by atoms with E-state index in [1.807, 2.05) is 0 Å². The molecule has 0 heterocycles. The van der Waals surface area contributed by atoms with Gasteiger partial charge in [0.15, 0.2) is 11.6 Å². The fraction of sp³-hybridized carbons (Fsp3) is 0.538. The van der Waals surface area contributed by atoms with Crippen molar-refractivity contribution in [3.63, 3.8) is 0 Å². The summed E-state index contributed by atoms with van der Waals surface area (Å²) >= 11 is 0. The highest BCUT2D eigenvalue weighted by molar-refractivity contribution is 5.45. The van der Waals surface area contributed by atoms with E-state index in [9.17, 15) is 13.2 Å². The maximum Gasteiger partial charge on any atom is 0.182 e. The molecule has 1 rings (SSSR count). The van der Waals surface area contributed by atoms with E-state index in [0.29, 0.717) is 32.5 Å². The average Bonchev–Trinajstić information content (AvgIpc) is 2.42. The molecule has 0 spiro atoms. The Morgan fingerprint density at radius 2 is 1.60 bits per heavy atom. The molecule has 0 bridgehead atoms. The summed E-state index contributed by atoms with van der Waals surface area (Å²) in [6.07, 6.45) is 0. The van der Waals surface area contributed by atoms with Crippen LogP contribution in [0.2, 0.25) is 0 Å². The van der Waals surface area contributed by atoms with E-state index >= 15 is 0 Å². The predicted molar refractivity (Wildman–Crippen MR) is 68.3 cm³/mol. The molecule has 0 amide bonds. The highest BCUT2D eigenvalue weighted by Gasteiger charge is 2.10. The maximum absolute atomic E-state index is 13.3. The molecular weight excluding hydrogens is 275 g/mol. The Kier molecular flexibility index (Phi) is 8.01. The zero-order valence-electron chi connectivity index (χ0n) is 11.3. The Morgan fingerprint density at radius 1 is 0.950 bits per heavy atom. The lowest BCUT2D eigenvalue weighted by atomic mass is 10.3. The number of ether oxygens (including phenoxy) is 3. The second-order valence-corrected chi connectivity index (χ2v) is 3.89. The first-order valence-electron chi connectivity index (χ1n) is 6.18. The number of anilines is 1. The number of rotatable bonds is 10. The lowest BCUT2D eigenvalue weighted by Crippen LogP contribution is -2.14. The van der Waals surface area contributed by atoms with Crippen molar-refractivity contribution in [3.05, 3.63) is 29.6 Å². The highest BCUT2D eigenvalue weighted by Crippen LogP contribution is 2.18. The SMILES string of the molecule is COCCOCCOCCNc1cc(F)cc(F)c1F. The molecule has 1 aromatic carbocycles. The van der Waals surface area contributed by atoms with Gasteiger partial charge in [0, 0.05) is 25.8 Å². The summed E-state index contributed by atoms with van der Waals surface area (Å²) in [6.45, 7) is 2.32. The van der Waals surface area contributed by atoms with Crippen LogP contribution in [0.15, 0.2) is 12.1 Å². The molecule has 0 unspecified atom stereocenters. The minimum Gasteiger partial charge on any atom is -0.382 e. The van der Waals surface area contributed by atoms with Crippen LogP contribution in [0.3, 0.4) is 0 Å². The van der Waals surface area contributed by atoms with E-state index in [0.717, 1.165) is 6.07 Å². The number of hydrogen-bond acceptors (Lipinski definition) is 4. The molecule has 0 aliphatic rings. The van der Waals surface area contributed by atoms with Crippen LogP contribution in [0.4, 0.5) is 18.9 Å². The summed E-state index contributed by atoms with van der Waals surface area (Å²) in [6, 6.07) is 1.39. The van der Waals surface area contributed by atoms with Gasteiger partial charge in [0.1, 0.15) is 5.82 Å². The lowest BCUT2D eigenvalue weighted by molar-refractivity contribution is 0.0272. The highest BCUT2D eigenvalue weighted by atomic mass is 19.2. The summed E-state index contributed by atoms with van der Waals surface area (Å²) < 4.78 is 54.2. The first-order valence-corrected chi connectivity index (χ1v) is 6.18. The number of methoxy groups -OCH3 is 1. The van der Waals surface area contributed by atoms with Gasteiger partial charge < -0.3 is 19.5 Å². The molecule has 0 atom stereocenters. The number of hydrogen-bond donors (Lipinski definition) is 1. The number of halogens is 3.